The molecule has 16 nitrogen and oxygen atoms in total. The molecule has 0 bridgehead atoms. The second-order valence-corrected chi connectivity index (χ2v) is 9.70. The van der Waals surface area contributed by atoms with E-state index < -0.39 is 88.6 Å². The van der Waals surface area contributed by atoms with Crippen molar-refractivity contribution in [2.24, 2.45) is 0 Å². The van der Waals surface area contributed by atoms with Gasteiger partial charge in [-0.25, -0.2) is 4.79 Å². The lowest BCUT2D eigenvalue weighted by atomic mass is 9.99. The molecule has 1 saturated heterocycles. The van der Waals surface area contributed by atoms with E-state index in [0.29, 0.717) is 11.8 Å². The second kappa shape index (κ2) is 13.0. The van der Waals surface area contributed by atoms with Gasteiger partial charge in [0.25, 0.3) is 5.91 Å². The predicted molar refractivity (Wildman–Crippen MR) is 139 cm³/mol. The molecule has 19 heteroatoms. The number of rotatable bonds is 10. The van der Waals surface area contributed by atoms with Crippen LogP contribution in [-0.2, 0) is 25.3 Å². The van der Waals surface area contributed by atoms with E-state index in [0.717, 1.165) is 6.92 Å². The van der Waals surface area contributed by atoms with Gasteiger partial charge < -0.3 is 50.4 Å². The number of carbonyl (C=O) groups is 3. The van der Waals surface area contributed by atoms with Crippen LogP contribution in [0.25, 0.3) is 0 Å². The molecule has 1 aliphatic heterocycles. The lowest BCUT2D eigenvalue weighted by Gasteiger charge is -2.38. The summed E-state index contributed by atoms with van der Waals surface area (Å²) in [5, 5.41) is 65.9. The van der Waals surface area contributed by atoms with Crippen LogP contribution in [0.15, 0.2) is 36.4 Å². The Hall–Kier alpha value is -4.56. The topological polar surface area (TPSA) is 247 Å². The molecule has 0 unspecified atom stereocenters. The van der Waals surface area contributed by atoms with E-state index in [2.05, 4.69) is 5.32 Å². The normalized spacial score (nSPS) is 23.2. The Balaban J connectivity index is 1.90. The van der Waals surface area contributed by atoms with Gasteiger partial charge in [0.2, 0.25) is 17.9 Å². The molecule has 7 N–H and O–H groups in total. The smallest absolute Gasteiger partial charge is 0.423 e. The van der Waals surface area contributed by atoms with Gasteiger partial charge in [-0.2, -0.15) is 13.2 Å². The molecule has 0 saturated carbocycles. The number of alkyl halides is 3. The highest BCUT2D eigenvalue weighted by Gasteiger charge is 2.49. The number of anilines is 2. The van der Waals surface area contributed by atoms with Crippen molar-refractivity contribution in [3.05, 3.63) is 52.1 Å². The summed E-state index contributed by atoms with van der Waals surface area (Å²) in [5.41, 5.74) is -6.47. The van der Waals surface area contributed by atoms with Gasteiger partial charge in [0.05, 0.1) is 4.92 Å². The number of nitrogens with one attached hydrogen (secondary N) is 2. The molecule has 240 valence electrons. The number of amides is 2. The highest BCUT2D eigenvalue weighted by atomic mass is 19.4. The minimum Gasteiger partial charge on any atom is -0.490 e. The highest BCUT2D eigenvalue weighted by molar-refractivity contribution is 5.97. The number of hydrogen-bond donors (Lipinski definition) is 7. The van der Waals surface area contributed by atoms with Crippen LogP contribution >= 0.6 is 0 Å². The molecule has 1 aliphatic rings. The molecular formula is C25H26F3N3O13. The summed E-state index contributed by atoms with van der Waals surface area (Å²) < 4.78 is 56.9. The maximum absolute atomic E-state index is 13.9. The third kappa shape index (κ3) is 7.88. The van der Waals surface area contributed by atoms with Gasteiger partial charge in [0, 0.05) is 24.4 Å². The number of aliphatic hydroxyl groups excluding tert-OH is 3. The summed E-state index contributed by atoms with van der Waals surface area (Å²) in [6.07, 6.45) is -16.8. The number of aliphatic carboxylic acids is 1. The summed E-state index contributed by atoms with van der Waals surface area (Å²) in [6.45, 7) is 1.50. The fourth-order valence-corrected chi connectivity index (χ4v) is 3.84. The lowest BCUT2D eigenvalue weighted by molar-refractivity contribution is -0.390. The van der Waals surface area contributed by atoms with Crippen molar-refractivity contribution in [3.63, 3.8) is 0 Å². The fraction of sp³-hybridized carbons (Fsp3) is 0.400. The van der Waals surface area contributed by atoms with E-state index in [1.54, 1.807) is 0 Å². The maximum atomic E-state index is 13.9. The predicted octanol–water partition coefficient (Wildman–Crippen LogP) is 0.612. The number of carbonyl (C=O) groups excluding carboxylic acids is 2. The van der Waals surface area contributed by atoms with Crippen molar-refractivity contribution in [3.8, 4) is 11.5 Å². The Bertz CT molecular complexity index is 1420. The number of nitro groups is 1. The van der Waals surface area contributed by atoms with E-state index in [1.807, 2.05) is 5.32 Å². The molecule has 3 rings (SSSR count). The number of benzene rings is 2. The highest BCUT2D eigenvalue weighted by Crippen LogP contribution is 2.44. The average molecular weight is 633 g/mol. The summed E-state index contributed by atoms with van der Waals surface area (Å²) >= 11 is 0. The SMILES string of the molecule is CC(=O)Nc1ccc(OC[C@](C)(O)C(=O)Nc2cc(O[C@@H]3O[C@H](C(=O)O)[C@@H](O)[C@H](O)[C@H]3O)c([N+](=O)[O-])c(C(F)(F)F)c2)cc1. The Morgan fingerprint density at radius 3 is 2.16 bits per heavy atom. The molecule has 2 amide bonds. The zero-order valence-corrected chi connectivity index (χ0v) is 22.6. The number of carboxylic acid groups (broad SMARTS) is 1. The van der Waals surface area contributed by atoms with Crippen LogP contribution in [0, 0.1) is 10.1 Å². The fourth-order valence-electron chi connectivity index (χ4n) is 3.84. The Morgan fingerprint density at radius 2 is 1.64 bits per heavy atom. The van der Waals surface area contributed by atoms with Crippen molar-refractivity contribution >= 4 is 34.8 Å². The van der Waals surface area contributed by atoms with Crippen molar-refractivity contribution in [1.29, 1.82) is 0 Å². The van der Waals surface area contributed by atoms with E-state index in [1.165, 1.54) is 31.2 Å². The quantitative estimate of drug-likeness (QED) is 0.140. The first-order chi connectivity index (χ1) is 20.3. The number of ether oxygens (including phenoxy) is 3. The summed E-state index contributed by atoms with van der Waals surface area (Å²) in [5.74, 6) is -4.69. The zero-order chi connectivity index (χ0) is 33.1. The third-order valence-electron chi connectivity index (χ3n) is 6.06. The number of aliphatic hydroxyl groups is 4. The third-order valence-corrected chi connectivity index (χ3v) is 6.06. The van der Waals surface area contributed by atoms with Crippen LogP contribution in [0.5, 0.6) is 11.5 Å². The van der Waals surface area contributed by atoms with Crippen LogP contribution in [-0.4, -0.2) is 91.2 Å². The monoisotopic (exact) mass is 633 g/mol. The van der Waals surface area contributed by atoms with Crippen LogP contribution in [0.2, 0.25) is 0 Å². The standard InChI is InChI=1S/C25H26F3N3O13/c1-10(32)29-11-3-5-13(6-4-11)42-9-24(2,39)23(38)30-12-7-14(25(26,27)28)16(31(40)41)15(8-12)43-22-19(35)17(33)18(34)20(44-22)21(36)37/h3-8,17-20,22,33-35,39H,9H2,1-2H3,(H,29,32)(H,30,38)(H,36,37)/t17-,18-,19+,20-,22+,24-/m0/s1. The minimum absolute atomic E-state index is 0.135. The lowest BCUT2D eigenvalue weighted by Crippen LogP contribution is -2.61. The van der Waals surface area contributed by atoms with Crippen LogP contribution in [0.1, 0.15) is 19.4 Å². The molecule has 0 spiro atoms. The van der Waals surface area contributed by atoms with E-state index in [-0.39, 0.29) is 17.7 Å². The molecule has 2 aromatic rings. The molecule has 0 aliphatic carbocycles. The van der Waals surface area contributed by atoms with E-state index in [4.69, 9.17) is 14.2 Å². The summed E-state index contributed by atoms with van der Waals surface area (Å²) in [6, 6.07) is 6.36. The summed E-state index contributed by atoms with van der Waals surface area (Å²) in [4.78, 5) is 45.5. The minimum atomic E-state index is -5.43. The number of nitrogens with zero attached hydrogens (tertiary/aromatic N) is 1. The maximum Gasteiger partial charge on any atom is 0.423 e. The number of halogens is 3. The van der Waals surface area contributed by atoms with E-state index >= 15 is 0 Å². The van der Waals surface area contributed by atoms with Gasteiger partial charge in [-0.3, -0.25) is 19.7 Å². The molecule has 1 fully saturated rings. The number of nitro benzene ring substituents is 1. The van der Waals surface area contributed by atoms with Crippen molar-refractivity contribution in [1.82, 2.24) is 0 Å². The molecule has 6 atom stereocenters. The zero-order valence-electron chi connectivity index (χ0n) is 22.6. The molecule has 44 heavy (non-hydrogen) atoms. The molecule has 0 radical (unpaired) electrons. The van der Waals surface area contributed by atoms with Gasteiger partial charge in [-0.05, 0) is 37.3 Å². The Kier molecular flexibility index (Phi) is 10.0. The van der Waals surface area contributed by atoms with Crippen molar-refractivity contribution in [2.45, 2.75) is 56.3 Å². The Morgan fingerprint density at radius 1 is 1.02 bits per heavy atom. The van der Waals surface area contributed by atoms with E-state index in [9.17, 15) is 63.2 Å². The number of hydrogen-bond acceptors (Lipinski definition) is 12. The average Bonchev–Trinajstić information content (AvgIpc) is 2.91. The van der Waals surface area contributed by atoms with Crippen molar-refractivity contribution < 1.29 is 72.2 Å². The van der Waals surface area contributed by atoms with Crippen LogP contribution in [0.4, 0.5) is 30.2 Å². The van der Waals surface area contributed by atoms with Crippen LogP contribution < -0.4 is 20.1 Å². The Labute approximate surface area is 244 Å². The first-order valence-corrected chi connectivity index (χ1v) is 12.3. The molecule has 1 heterocycles. The molecular weight excluding hydrogens is 607 g/mol. The van der Waals surface area contributed by atoms with Gasteiger partial charge >= 0.3 is 17.8 Å². The molecule has 0 aromatic heterocycles. The van der Waals surface area contributed by atoms with Crippen LogP contribution in [0.3, 0.4) is 0 Å². The van der Waals surface area contributed by atoms with Gasteiger partial charge in [-0.15, -0.1) is 0 Å². The first kappa shape index (κ1) is 33.9. The molecule has 2 aromatic carbocycles. The number of carboxylic acids is 1. The van der Waals surface area contributed by atoms with Gasteiger partial charge in [-0.1, -0.05) is 0 Å². The van der Waals surface area contributed by atoms with Gasteiger partial charge in [0.15, 0.2) is 11.7 Å². The second-order valence-electron chi connectivity index (χ2n) is 9.70. The largest absolute Gasteiger partial charge is 0.490 e. The van der Waals surface area contributed by atoms with Gasteiger partial charge in [0.1, 0.15) is 36.2 Å². The van der Waals surface area contributed by atoms with Crippen molar-refractivity contribution in [2.75, 3.05) is 17.2 Å². The summed E-state index contributed by atoms with van der Waals surface area (Å²) in [7, 11) is 0. The first-order valence-electron chi connectivity index (χ1n) is 12.3.